The van der Waals surface area contributed by atoms with Gasteiger partial charge in [-0.15, -0.1) is 11.8 Å². The van der Waals surface area contributed by atoms with Crippen molar-refractivity contribution in [2.45, 2.75) is 42.0 Å². The van der Waals surface area contributed by atoms with E-state index in [1.54, 1.807) is 34.9 Å². The maximum absolute atomic E-state index is 13.1. The van der Waals surface area contributed by atoms with Crippen LogP contribution in [0.25, 0.3) is 0 Å². The lowest BCUT2D eigenvalue weighted by atomic mass is 9.88. The van der Waals surface area contributed by atoms with Crippen LogP contribution in [0.2, 0.25) is 0 Å². The molecule has 0 saturated heterocycles. The monoisotopic (exact) mass is 402 g/mol. The number of benzene rings is 2. The fourth-order valence-electron chi connectivity index (χ4n) is 3.82. The molecule has 2 aromatic rings. The van der Waals surface area contributed by atoms with Gasteiger partial charge in [0.15, 0.2) is 0 Å². The van der Waals surface area contributed by atoms with Crippen LogP contribution < -0.4 is 9.62 Å². The third kappa shape index (κ3) is 3.63. The van der Waals surface area contributed by atoms with Crippen molar-refractivity contribution in [1.29, 1.82) is 0 Å². The molecule has 142 valence electrons. The average molecular weight is 403 g/mol. The van der Waals surface area contributed by atoms with Crippen LogP contribution in [0.15, 0.2) is 52.3 Å². The highest BCUT2D eigenvalue weighted by molar-refractivity contribution is 7.99. The van der Waals surface area contributed by atoms with Crippen LogP contribution in [-0.2, 0) is 21.2 Å². The van der Waals surface area contributed by atoms with Gasteiger partial charge in [0, 0.05) is 30.2 Å². The van der Waals surface area contributed by atoms with E-state index in [2.05, 4.69) is 10.8 Å². The summed E-state index contributed by atoms with van der Waals surface area (Å²) in [5, 5.41) is 0. The van der Waals surface area contributed by atoms with E-state index >= 15 is 0 Å². The van der Waals surface area contributed by atoms with Crippen molar-refractivity contribution in [2.24, 2.45) is 0 Å². The first-order valence-electron chi connectivity index (χ1n) is 9.11. The third-order valence-corrected chi connectivity index (χ3v) is 7.66. The Morgan fingerprint density at radius 1 is 1.22 bits per heavy atom. The molecule has 0 spiro atoms. The number of sulfonamides is 1. The first kappa shape index (κ1) is 18.5. The van der Waals surface area contributed by atoms with Crippen molar-refractivity contribution in [3.63, 3.8) is 0 Å². The summed E-state index contributed by atoms with van der Waals surface area (Å²) in [5.41, 5.74) is 2.96. The SMILES string of the molecule is CC(=O)N1CCSc2ccc(S(=O)(=O)N[C@H]3CCCc4ccccc43)cc21. The molecule has 0 bridgehead atoms. The van der Waals surface area contributed by atoms with Gasteiger partial charge in [-0.1, -0.05) is 24.3 Å². The van der Waals surface area contributed by atoms with Crippen LogP contribution in [0, 0.1) is 0 Å². The maximum atomic E-state index is 13.1. The fraction of sp³-hybridized carbons (Fsp3) is 0.350. The number of thioether (sulfide) groups is 1. The zero-order chi connectivity index (χ0) is 19.0. The lowest BCUT2D eigenvalue weighted by Crippen LogP contribution is -2.34. The van der Waals surface area contributed by atoms with Crippen LogP contribution in [0.4, 0.5) is 5.69 Å². The van der Waals surface area contributed by atoms with Crippen molar-refractivity contribution < 1.29 is 13.2 Å². The molecular weight excluding hydrogens is 380 g/mol. The first-order valence-corrected chi connectivity index (χ1v) is 11.6. The molecule has 0 unspecified atom stereocenters. The lowest BCUT2D eigenvalue weighted by Gasteiger charge is -2.29. The third-order valence-electron chi connectivity index (χ3n) is 5.15. The number of fused-ring (bicyclic) bond motifs is 2. The predicted octanol–water partition coefficient (Wildman–Crippen LogP) is 3.50. The van der Waals surface area contributed by atoms with Gasteiger partial charge in [0.2, 0.25) is 15.9 Å². The Kier molecular flexibility index (Phi) is 5.01. The smallest absolute Gasteiger partial charge is 0.241 e. The molecule has 2 aliphatic rings. The highest BCUT2D eigenvalue weighted by atomic mass is 32.2. The molecular formula is C20H22N2O3S2. The fourth-order valence-corrected chi connectivity index (χ4v) is 6.07. The van der Waals surface area contributed by atoms with Gasteiger partial charge in [0.25, 0.3) is 0 Å². The molecule has 1 aliphatic heterocycles. The Hall–Kier alpha value is -1.83. The van der Waals surface area contributed by atoms with Gasteiger partial charge in [0.1, 0.15) is 0 Å². The molecule has 1 amide bonds. The van der Waals surface area contributed by atoms with Crippen molar-refractivity contribution >= 4 is 33.4 Å². The maximum Gasteiger partial charge on any atom is 0.241 e. The van der Waals surface area contributed by atoms with Gasteiger partial charge in [-0.2, -0.15) is 0 Å². The van der Waals surface area contributed by atoms with Crippen molar-refractivity contribution in [1.82, 2.24) is 4.72 Å². The molecule has 2 aromatic carbocycles. The number of carbonyl (C=O) groups is 1. The number of nitrogens with one attached hydrogen (secondary N) is 1. The molecule has 1 N–H and O–H groups in total. The van der Waals surface area contributed by atoms with Crippen LogP contribution in [0.1, 0.15) is 36.9 Å². The molecule has 0 radical (unpaired) electrons. The van der Waals surface area contributed by atoms with Gasteiger partial charge >= 0.3 is 0 Å². The highest BCUT2D eigenvalue weighted by Gasteiger charge is 2.28. The molecule has 0 aromatic heterocycles. The zero-order valence-electron chi connectivity index (χ0n) is 15.1. The molecule has 5 nitrogen and oxygen atoms in total. The van der Waals surface area contributed by atoms with E-state index in [0.717, 1.165) is 35.5 Å². The van der Waals surface area contributed by atoms with Crippen LogP contribution in [-0.4, -0.2) is 26.6 Å². The second kappa shape index (κ2) is 7.30. The largest absolute Gasteiger partial charge is 0.311 e. The quantitative estimate of drug-likeness (QED) is 0.853. The standard InChI is InChI=1S/C20H22N2O3S2/c1-14(23)22-11-12-26-20-10-9-16(13-19(20)22)27(24,25)21-18-8-4-6-15-5-2-3-7-17(15)18/h2-3,5,7,9-10,13,18,21H,4,6,8,11-12H2,1H3/t18-/m0/s1. The van der Waals surface area contributed by atoms with Gasteiger partial charge in [-0.3, -0.25) is 4.79 Å². The minimum atomic E-state index is -3.68. The van der Waals surface area contributed by atoms with Gasteiger partial charge in [0.05, 0.1) is 10.6 Å². The van der Waals surface area contributed by atoms with Gasteiger partial charge < -0.3 is 4.90 Å². The summed E-state index contributed by atoms with van der Waals surface area (Å²) in [5.74, 6) is 0.746. The molecule has 27 heavy (non-hydrogen) atoms. The normalized spacial score (nSPS) is 19.3. The van der Waals surface area contributed by atoms with E-state index < -0.39 is 10.0 Å². The number of amides is 1. The minimum Gasteiger partial charge on any atom is -0.311 e. The van der Waals surface area contributed by atoms with E-state index in [4.69, 9.17) is 0 Å². The Labute approximate surface area is 164 Å². The Balaban J connectivity index is 1.66. The summed E-state index contributed by atoms with van der Waals surface area (Å²) >= 11 is 1.65. The molecule has 1 aliphatic carbocycles. The second-order valence-electron chi connectivity index (χ2n) is 6.91. The number of aryl methyl sites for hydroxylation is 1. The number of hydrogen-bond donors (Lipinski definition) is 1. The Morgan fingerprint density at radius 3 is 2.85 bits per heavy atom. The highest BCUT2D eigenvalue weighted by Crippen LogP contribution is 2.37. The summed E-state index contributed by atoms with van der Waals surface area (Å²) in [7, 11) is -3.68. The van der Waals surface area contributed by atoms with Crippen molar-refractivity contribution in [2.75, 3.05) is 17.2 Å². The van der Waals surface area contributed by atoms with E-state index in [9.17, 15) is 13.2 Å². The molecule has 1 heterocycles. The van der Waals surface area contributed by atoms with E-state index in [1.807, 2.05) is 18.2 Å². The molecule has 4 rings (SSSR count). The lowest BCUT2D eigenvalue weighted by molar-refractivity contribution is -0.116. The Morgan fingerprint density at radius 2 is 2.04 bits per heavy atom. The zero-order valence-corrected chi connectivity index (χ0v) is 16.8. The van der Waals surface area contributed by atoms with Crippen molar-refractivity contribution in [3.8, 4) is 0 Å². The summed E-state index contributed by atoms with van der Waals surface area (Å²) in [6.45, 7) is 2.11. The number of hydrogen-bond acceptors (Lipinski definition) is 4. The molecule has 1 atom stereocenters. The Bertz CT molecular complexity index is 988. The van der Waals surface area contributed by atoms with Crippen LogP contribution >= 0.6 is 11.8 Å². The molecule has 7 heteroatoms. The minimum absolute atomic E-state index is 0.0692. The van der Waals surface area contributed by atoms with Crippen molar-refractivity contribution in [3.05, 3.63) is 53.6 Å². The molecule has 0 saturated carbocycles. The summed E-state index contributed by atoms with van der Waals surface area (Å²) < 4.78 is 29.0. The summed E-state index contributed by atoms with van der Waals surface area (Å²) in [6, 6.07) is 12.9. The van der Waals surface area contributed by atoms with E-state index in [0.29, 0.717) is 12.2 Å². The average Bonchev–Trinajstić information content (AvgIpc) is 2.67. The van der Waals surface area contributed by atoms with Crippen LogP contribution in [0.3, 0.4) is 0 Å². The topological polar surface area (TPSA) is 66.5 Å². The second-order valence-corrected chi connectivity index (χ2v) is 9.76. The predicted molar refractivity (Wildman–Crippen MR) is 108 cm³/mol. The first-order chi connectivity index (χ1) is 13.0. The van der Waals surface area contributed by atoms with Gasteiger partial charge in [-0.25, -0.2) is 13.1 Å². The van der Waals surface area contributed by atoms with Gasteiger partial charge in [-0.05, 0) is 48.6 Å². The van der Waals surface area contributed by atoms with Crippen LogP contribution in [0.5, 0.6) is 0 Å². The van der Waals surface area contributed by atoms with E-state index in [1.165, 1.54) is 12.5 Å². The molecule has 0 fully saturated rings. The number of rotatable bonds is 3. The summed E-state index contributed by atoms with van der Waals surface area (Å²) in [6.07, 6.45) is 2.73. The number of nitrogens with zero attached hydrogens (tertiary/aromatic N) is 1. The number of carbonyl (C=O) groups excluding carboxylic acids is 1. The van der Waals surface area contributed by atoms with E-state index in [-0.39, 0.29) is 16.8 Å². The summed E-state index contributed by atoms with van der Waals surface area (Å²) in [4.78, 5) is 14.7. The number of anilines is 1.